The van der Waals surface area contributed by atoms with Gasteiger partial charge in [0.15, 0.2) is 5.69 Å². The van der Waals surface area contributed by atoms with Gasteiger partial charge in [0, 0.05) is 44.4 Å². The SMILES string of the molecule is CNC(=O)C[C@@H]1NC(=O)c2csc(n2)-c2ccc(-c3nc(C(=O)OC)cs3)nc2-c2csc(n2)-c2csc(n2)[C@@H](CO)NC(=O)CNC(=O)c2csc(n2)[C@H](C(C)C)NC(=O)c2nc1sc2C. The molecule has 10 bridgehead atoms. The first kappa shape index (κ1) is 47.2. The van der Waals surface area contributed by atoms with Crippen molar-refractivity contribution < 1.29 is 38.6 Å². The third-order valence-electron chi connectivity index (χ3n) is 9.97. The lowest BCUT2D eigenvalue weighted by molar-refractivity contribution is -0.121. The van der Waals surface area contributed by atoms with Crippen molar-refractivity contribution in [2.45, 2.75) is 45.3 Å². The van der Waals surface area contributed by atoms with E-state index in [-0.39, 0.29) is 41.0 Å². The van der Waals surface area contributed by atoms with E-state index in [4.69, 9.17) is 19.7 Å². The van der Waals surface area contributed by atoms with Crippen LogP contribution < -0.4 is 26.6 Å². The Hall–Kier alpha value is -6.29. The van der Waals surface area contributed by atoms with Crippen LogP contribution in [0.4, 0.5) is 0 Å². The van der Waals surface area contributed by atoms with Gasteiger partial charge in [0.1, 0.15) is 70.3 Å². The third kappa shape index (κ3) is 10.3. The number of nitrogens with zero attached hydrogens (tertiary/aromatic N) is 7. The second-order valence-electron chi connectivity index (χ2n) is 14.9. The van der Waals surface area contributed by atoms with Crippen molar-refractivity contribution in [3.8, 4) is 43.4 Å². The first-order valence-corrected chi connectivity index (χ1v) is 25.3. The third-order valence-corrected chi connectivity index (χ3v) is 15.5. The average molecular weight is 1020 g/mol. The van der Waals surface area contributed by atoms with Gasteiger partial charge >= 0.3 is 5.97 Å². The van der Waals surface area contributed by atoms with Gasteiger partial charge in [-0.15, -0.1) is 68.0 Å². The van der Waals surface area contributed by atoms with Crippen molar-refractivity contribution in [1.82, 2.24) is 61.5 Å². The summed E-state index contributed by atoms with van der Waals surface area (Å²) in [5, 5.41) is 34.7. The standard InChI is InChI=1S/C41H38N12O8S6/c1-16(2)29-40-49-23(12-66-40)32(57)43-9-28(56)44-21(10-54)37-50-25(14-64-37)38-47-22(11-63-38)31-18(6-7-19(45-31)36-51-26(15-65-36)41(60)61-5)35-48-24(13-62-35)33(58)46-20(8-27(55)42-4)39-53-30(17(3)67-39)34(59)52-29/h6-7,11-16,20-21,29,54H,8-10H2,1-5H3,(H,42,55)(H,43,57)(H,44,56)(H,46,58)(H,52,59)/t20-,21+,29-/m0/s1. The van der Waals surface area contributed by atoms with Gasteiger partial charge in [0.05, 0.1) is 44.5 Å². The lowest BCUT2D eigenvalue weighted by Gasteiger charge is -2.20. The van der Waals surface area contributed by atoms with Crippen LogP contribution in [0, 0.1) is 12.8 Å². The number of pyridine rings is 1. The Bertz CT molecular complexity index is 3020. The quantitative estimate of drug-likeness (QED) is 0.117. The second-order valence-corrected chi connectivity index (χ2v) is 20.5. The van der Waals surface area contributed by atoms with Gasteiger partial charge in [0.25, 0.3) is 17.7 Å². The van der Waals surface area contributed by atoms with E-state index in [1.807, 2.05) is 13.8 Å². The summed E-state index contributed by atoms with van der Waals surface area (Å²) in [6, 6.07) is 1.01. The molecule has 7 aromatic heterocycles. The van der Waals surface area contributed by atoms with Gasteiger partial charge in [-0.25, -0.2) is 39.7 Å². The number of hydrogen-bond donors (Lipinski definition) is 6. The number of aliphatic hydroxyl groups is 1. The van der Waals surface area contributed by atoms with Crippen LogP contribution in [0.25, 0.3) is 43.4 Å². The van der Waals surface area contributed by atoms with Crippen LogP contribution in [-0.2, 0) is 14.3 Å². The topological polar surface area (TPSA) is 282 Å². The zero-order valence-corrected chi connectivity index (χ0v) is 40.8. The molecule has 6 N–H and O–H groups in total. The summed E-state index contributed by atoms with van der Waals surface area (Å²) in [6.07, 6.45) is -0.190. The van der Waals surface area contributed by atoms with E-state index in [0.717, 1.165) is 11.3 Å². The van der Waals surface area contributed by atoms with Gasteiger partial charge in [-0.2, -0.15) is 0 Å². The monoisotopic (exact) mass is 1020 g/mol. The van der Waals surface area contributed by atoms with Crippen LogP contribution in [0.2, 0.25) is 0 Å². The minimum atomic E-state index is -0.945. The molecule has 0 radical (unpaired) electrons. The predicted octanol–water partition coefficient (Wildman–Crippen LogP) is 5.21. The number of carbonyl (C=O) groups is 6. The molecule has 1 aliphatic rings. The van der Waals surface area contributed by atoms with Crippen molar-refractivity contribution in [2.75, 3.05) is 27.3 Å². The lowest BCUT2D eigenvalue weighted by Crippen LogP contribution is -2.39. The van der Waals surface area contributed by atoms with Crippen LogP contribution in [-0.4, -0.2) is 103 Å². The van der Waals surface area contributed by atoms with Gasteiger partial charge in [-0.05, 0) is 25.0 Å². The maximum absolute atomic E-state index is 14.0. The maximum atomic E-state index is 14.0. The molecule has 0 saturated heterocycles. The Kier molecular flexibility index (Phi) is 14.3. The van der Waals surface area contributed by atoms with E-state index in [1.165, 1.54) is 76.2 Å². The Morgan fingerprint density at radius 3 is 2.15 bits per heavy atom. The molecule has 0 fully saturated rings. The fourth-order valence-electron chi connectivity index (χ4n) is 6.52. The lowest BCUT2D eigenvalue weighted by atomic mass is 10.0. The fraction of sp³-hybridized carbons (Fsp3) is 0.293. The number of aromatic nitrogens is 7. The number of nitrogens with one attached hydrogen (secondary N) is 5. The van der Waals surface area contributed by atoms with Gasteiger partial charge in [-0.3, -0.25) is 24.0 Å². The Labute approximate surface area is 404 Å². The predicted molar refractivity (Wildman–Crippen MR) is 253 cm³/mol. The molecular weight excluding hydrogens is 981 g/mol. The number of fused-ring (bicyclic) bond motifs is 14. The van der Waals surface area contributed by atoms with Crippen molar-refractivity contribution in [3.63, 3.8) is 0 Å². The van der Waals surface area contributed by atoms with Crippen LogP contribution in [0.15, 0.2) is 39.0 Å². The molecule has 67 heavy (non-hydrogen) atoms. The minimum Gasteiger partial charge on any atom is -0.464 e. The fourth-order valence-corrected chi connectivity index (χ4v) is 11.8. The highest BCUT2D eigenvalue weighted by Crippen LogP contribution is 2.38. The number of ether oxygens (including phenoxy) is 1. The molecule has 8 rings (SSSR count). The summed E-state index contributed by atoms with van der Waals surface area (Å²) in [6.45, 7) is 4.57. The first-order valence-electron chi connectivity index (χ1n) is 20.1. The smallest absolute Gasteiger partial charge is 0.357 e. The molecule has 0 spiro atoms. The van der Waals surface area contributed by atoms with Gasteiger partial charge in [-0.1, -0.05) is 13.8 Å². The normalized spacial score (nSPS) is 17.0. The van der Waals surface area contributed by atoms with Crippen LogP contribution in [0.1, 0.15) is 100 Å². The highest BCUT2D eigenvalue weighted by Gasteiger charge is 2.30. The first-order chi connectivity index (χ1) is 32.2. The van der Waals surface area contributed by atoms with Crippen molar-refractivity contribution in [3.05, 3.63) is 81.7 Å². The largest absolute Gasteiger partial charge is 0.464 e. The van der Waals surface area contributed by atoms with E-state index in [1.54, 1.807) is 40.6 Å². The van der Waals surface area contributed by atoms with E-state index in [9.17, 15) is 33.9 Å². The highest BCUT2D eigenvalue weighted by molar-refractivity contribution is 7.15. The molecule has 3 atom stereocenters. The Morgan fingerprint density at radius 2 is 1.39 bits per heavy atom. The van der Waals surface area contributed by atoms with Crippen molar-refractivity contribution in [2.24, 2.45) is 5.92 Å². The Balaban J connectivity index is 1.19. The summed E-state index contributed by atoms with van der Waals surface area (Å²) >= 11 is 7.18. The van der Waals surface area contributed by atoms with Crippen molar-refractivity contribution in [1.29, 1.82) is 0 Å². The number of rotatable bonds is 6. The van der Waals surface area contributed by atoms with E-state index in [0.29, 0.717) is 63.3 Å². The van der Waals surface area contributed by atoms with Gasteiger partial charge < -0.3 is 36.4 Å². The molecule has 0 aromatic carbocycles. The molecule has 8 heterocycles. The van der Waals surface area contributed by atoms with Crippen LogP contribution >= 0.6 is 68.0 Å². The molecular formula is C41H38N12O8S6. The number of aliphatic hydroxyl groups excluding tert-OH is 1. The number of methoxy groups -OCH3 is 1. The summed E-state index contributed by atoms with van der Waals surface area (Å²) in [5.41, 5.74) is 2.53. The number of esters is 1. The molecule has 7 aromatic rings. The van der Waals surface area contributed by atoms with E-state index >= 15 is 0 Å². The van der Waals surface area contributed by atoms with Crippen LogP contribution in [0.3, 0.4) is 0 Å². The zero-order valence-electron chi connectivity index (χ0n) is 35.9. The van der Waals surface area contributed by atoms with E-state index in [2.05, 4.69) is 46.5 Å². The highest BCUT2D eigenvalue weighted by atomic mass is 32.1. The second kappa shape index (κ2) is 20.3. The molecule has 346 valence electrons. The maximum Gasteiger partial charge on any atom is 0.357 e. The molecule has 20 nitrogen and oxygen atoms in total. The number of aryl methyl sites for hydroxylation is 1. The molecule has 0 saturated carbocycles. The van der Waals surface area contributed by atoms with Gasteiger partial charge in [0.2, 0.25) is 11.8 Å². The molecule has 5 amide bonds. The number of thiazole rings is 6. The molecule has 26 heteroatoms. The Morgan fingerprint density at radius 1 is 0.716 bits per heavy atom. The molecule has 0 unspecified atom stereocenters. The number of carbonyl (C=O) groups excluding carboxylic acids is 6. The summed E-state index contributed by atoms with van der Waals surface area (Å²) in [7, 11) is 2.74. The number of hydrogen-bond acceptors (Lipinski definition) is 21. The molecule has 1 aliphatic heterocycles. The summed E-state index contributed by atoms with van der Waals surface area (Å²) < 4.78 is 4.84. The summed E-state index contributed by atoms with van der Waals surface area (Å²) in [4.78, 5) is 113. The summed E-state index contributed by atoms with van der Waals surface area (Å²) in [5.74, 6) is -3.48. The van der Waals surface area contributed by atoms with E-state index < -0.39 is 60.9 Å². The van der Waals surface area contributed by atoms with Crippen molar-refractivity contribution >= 4 is 104 Å². The number of amides is 5. The minimum absolute atomic E-state index is 0.0415. The zero-order chi connectivity index (χ0) is 47.5. The average Bonchev–Trinajstić information content (AvgIpc) is 4.18. The molecule has 0 aliphatic carbocycles. The van der Waals surface area contributed by atoms with Crippen LogP contribution in [0.5, 0.6) is 0 Å².